The Morgan fingerprint density at radius 2 is 2.10 bits per heavy atom. The maximum Gasteiger partial charge on any atom is 0.142 e. The number of hydrogen-bond donors (Lipinski definition) is 1. The summed E-state index contributed by atoms with van der Waals surface area (Å²) in [4.78, 5) is 0. The zero-order valence-electron chi connectivity index (χ0n) is 11.2. The molecule has 0 heterocycles. The van der Waals surface area contributed by atoms with Gasteiger partial charge in [0.1, 0.15) is 5.75 Å². The molecule has 3 nitrogen and oxygen atoms in total. The highest BCUT2D eigenvalue weighted by molar-refractivity contribution is 6.30. The number of nitriles is 1. The summed E-state index contributed by atoms with van der Waals surface area (Å²) in [6, 6.07) is 15.1. The van der Waals surface area contributed by atoms with Crippen molar-refractivity contribution in [2.45, 2.75) is 13.5 Å². The Morgan fingerprint density at radius 1 is 1.25 bits per heavy atom. The van der Waals surface area contributed by atoms with Gasteiger partial charge in [0.15, 0.2) is 0 Å². The van der Waals surface area contributed by atoms with Crippen LogP contribution in [0.5, 0.6) is 5.75 Å². The molecule has 0 saturated heterocycles. The minimum Gasteiger partial charge on any atom is -0.492 e. The van der Waals surface area contributed by atoms with E-state index < -0.39 is 0 Å². The maximum atomic E-state index is 8.89. The number of benzene rings is 2. The van der Waals surface area contributed by atoms with Crippen molar-refractivity contribution in [3.8, 4) is 11.8 Å². The molecule has 2 aromatic carbocycles. The van der Waals surface area contributed by atoms with Gasteiger partial charge >= 0.3 is 0 Å². The number of anilines is 1. The van der Waals surface area contributed by atoms with Crippen LogP contribution in [0, 0.1) is 11.3 Å². The van der Waals surface area contributed by atoms with Crippen molar-refractivity contribution in [2.75, 3.05) is 11.9 Å². The van der Waals surface area contributed by atoms with Gasteiger partial charge in [-0.05, 0) is 42.8 Å². The average Bonchev–Trinajstić information content (AvgIpc) is 2.48. The maximum absolute atomic E-state index is 8.89. The van der Waals surface area contributed by atoms with Crippen molar-refractivity contribution in [1.82, 2.24) is 0 Å². The molecule has 20 heavy (non-hydrogen) atoms. The molecule has 0 bridgehead atoms. The van der Waals surface area contributed by atoms with Crippen LogP contribution in [0.3, 0.4) is 0 Å². The molecule has 0 aromatic heterocycles. The van der Waals surface area contributed by atoms with E-state index >= 15 is 0 Å². The number of rotatable bonds is 5. The number of nitrogens with one attached hydrogen (secondary N) is 1. The first kappa shape index (κ1) is 14.2. The van der Waals surface area contributed by atoms with E-state index in [2.05, 4.69) is 11.4 Å². The molecule has 0 fully saturated rings. The van der Waals surface area contributed by atoms with Crippen molar-refractivity contribution in [2.24, 2.45) is 0 Å². The molecule has 0 aliphatic heterocycles. The van der Waals surface area contributed by atoms with Crippen molar-refractivity contribution in [1.29, 1.82) is 5.26 Å². The summed E-state index contributed by atoms with van der Waals surface area (Å²) in [7, 11) is 0. The van der Waals surface area contributed by atoms with Gasteiger partial charge in [0.2, 0.25) is 0 Å². The van der Waals surface area contributed by atoms with Gasteiger partial charge in [0.25, 0.3) is 0 Å². The van der Waals surface area contributed by atoms with Gasteiger partial charge in [0.05, 0.1) is 23.9 Å². The van der Waals surface area contributed by atoms with Crippen LogP contribution in [0.4, 0.5) is 5.69 Å². The summed E-state index contributed by atoms with van der Waals surface area (Å²) in [5.74, 6) is 0.772. The van der Waals surface area contributed by atoms with Crippen LogP contribution in [0.25, 0.3) is 0 Å². The molecule has 102 valence electrons. The van der Waals surface area contributed by atoms with Gasteiger partial charge in [-0.1, -0.05) is 23.7 Å². The van der Waals surface area contributed by atoms with Gasteiger partial charge in [-0.3, -0.25) is 0 Å². The van der Waals surface area contributed by atoms with Gasteiger partial charge in [-0.2, -0.15) is 5.26 Å². The van der Waals surface area contributed by atoms with Crippen LogP contribution in [-0.2, 0) is 6.54 Å². The molecule has 0 amide bonds. The molecule has 0 aliphatic carbocycles. The lowest BCUT2D eigenvalue weighted by atomic mass is 10.1. The lowest BCUT2D eigenvalue weighted by Crippen LogP contribution is -2.03. The normalized spacial score (nSPS) is 9.85. The summed E-state index contributed by atoms with van der Waals surface area (Å²) in [6.45, 7) is 3.14. The van der Waals surface area contributed by atoms with Gasteiger partial charge in [0, 0.05) is 11.6 Å². The molecule has 1 N–H and O–H groups in total. The first-order valence-electron chi connectivity index (χ1n) is 6.38. The van der Waals surface area contributed by atoms with Crippen LogP contribution < -0.4 is 10.1 Å². The minimum absolute atomic E-state index is 0.597. The van der Waals surface area contributed by atoms with E-state index in [1.807, 2.05) is 37.3 Å². The predicted octanol–water partition coefficient (Wildman–Crippen LogP) is 4.22. The molecular formula is C16H15ClN2O. The molecule has 2 rings (SSSR count). The average molecular weight is 287 g/mol. The van der Waals surface area contributed by atoms with E-state index in [1.165, 1.54) is 0 Å². The minimum atomic E-state index is 0.597. The summed E-state index contributed by atoms with van der Waals surface area (Å²) < 4.78 is 5.55. The molecule has 0 unspecified atom stereocenters. The SMILES string of the molecule is CCOc1ccc(Cl)cc1NCc1cccc(C#N)c1. The van der Waals surface area contributed by atoms with Gasteiger partial charge in [-0.15, -0.1) is 0 Å². The third-order valence-corrected chi connectivity index (χ3v) is 3.02. The summed E-state index contributed by atoms with van der Waals surface area (Å²) in [5.41, 5.74) is 2.54. The Kier molecular flexibility index (Phi) is 4.86. The Labute approximate surface area is 123 Å². The largest absolute Gasteiger partial charge is 0.492 e. The summed E-state index contributed by atoms with van der Waals surface area (Å²) in [5, 5.41) is 12.8. The summed E-state index contributed by atoms with van der Waals surface area (Å²) >= 11 is 6.01. The molecule has 0 atom stereocenters. The highest BCUT2D eigenvalue weighted by Crippen LogP contribution is 2.28. The van der Waals surface area contributed by atoms with E-state index in [0.717, 1.165) is 17.0 Å². The molecule has 4 heteroatoms. The van der Waals surface area contributed by atoms with E-state index in [1.54, 1.807) is 12.1 Å². The monoisotopic (exact) mass is 286 g/mol. The summed E-state index contributed by atoms with van der Waals surface area (Å²) in [6.07, 6.45) is 0. The van der Waals surface area contributed by atoms with Crippen molar-refractivity contribution in [3.05, 3.63) is 58.6 Å². The fraction of sp³-hybridized carbons (Fsp3) is 0.188. The Hall–Kier alpha value is -2.18. The van der Waals surface area contributed by atoms with E-state index in [9.17, 15) is 0 Å². The second-order valence-corrected chi connectivity index (χ2v) is 4.68. The van der Waals surface area contributed by atoms with Crippen molar-refractivity contribution < 1.29 is 4.74 Å². The van der Waals surface area contributed by atoms with Crippen LogP contribution in [0.15, 0.2) is 42.5 Å². The van der Waals surface area contributed by atoms with E-state index in [-0.39, 0.29) is 0 Å². The molecule has 0 spiro atoms. The van der Waals surface area contributed by atoms with Crippen LogP contribution in [-0.4, -0.2) is 6.61 Å². The second kappa shape index (κ2) is 6.83. The number of ether oxygens (including phenoxy) is 1. The fourth-order valence-electron chi connectivity index (χ4n) is 1.87. The Bertz CT molecular complexity index is 635. The third kappa shape index (κ3) is 3.66. The zero-order chi connectivity index (χ0) is 14.4. The lowest BCUT2D eigenvalue weighted by molar-refractivity contribution is 0.341. The molecule has 2 aromatic rings. The Balaban J connectivity index is 2.13. The van der Waals surface area contributed by atoms with Crippen LogP contribution in [0.2, 0.25) is 5.02 Å². The van der Waals surface area contributed by atoms with Gasteiger partial charge in [-0.25, -0.2) is 0 Å². The first-order valence-corrected chi connectivity index (χ1v) is 6.76. The first-order chi connectivity index (χ1) is 9.72. The Morgan fingerprint density at radius 3 is 2.85 bits per heavy atom. The van der Waals surface area contributed by atoms with E-state index in [4.69, 9.17) is 21.6 Å². The second-order valence-electron chi connectivity index (χ2n) is 4.24. The van der Waals surface area contributed by atoms with Crippen molar-refractivity contribution >= 4 is 17.3 Å². The third-order valence-electron chi connectivity index (χ3n) is 2.78. The number of hydrogen-bond acceptors (Lipinski definition) is 3. The molecule has 0 saturated carbocycles. The van der Waals surface area contributed by atoms with Gasteiger partial charge < -0.3 is 10.1 Å². The molecule has 0 aliphatic rings. The molecule has 0 radical (unpaired) electrons. The highest BCUT2D eigenvalue weighted by Gasteiger charge is 2.04. The fourth-order valence-corrected chi connectivity index (χ4v) is 2.04. The molecular weight excluding hydrogens is 272 g/mol. The quantitative estimate of drug-likeness (QED) is 0.895. The number of nitrogens with zero attached hydrogens (tertiary/aromatic N) is 1. The van der Waals surface area contributed by atoms with E-state index in [0.29, 0.717) is 23.7 Å². The predicted molar refractivity (Wildman–Crippen MR) is 81.1 cm³/mol. The number of halogens is 1. The smallest absolute Gasteiger partial charge is 0.142 e. The van der Waals surface area contributed by atoms with Crippen LogP contribution >= 0.6 is 11.6 Å². The zero-order valence-corrected chi connectivity index (χ0v) is 11.9. The highest BCUT2D eigenvalue weighted by atomic mass is 35.5. The topological polar surface area (TPSA) is 45.0 Å². The standard InChI is InChI=1S/C16H15ClN2O/c1-2-20-16-7-6-14(17)9-15(16)19-11-13-5-3-4-12(8-13)10-18/h3-9,19H,2,11H2,1H3. The van der Waals surface area contributed by atoms with Crippen LogP contribution in [0.1, 0.15) is 18.1 Å². The van der Waals surface area contributed by atoms with Crippen molar-refractivity contribution in [3.63, 3.8) is 0 Å². The lowest BCUT2D eigenvalue weighted by Gasteiger charge is -2.13.